The van der Waals surface area contributed by atoms with Crippen LogP contribution < -0.4 is 30.0 Å². The molecule has 0 bridgehead atoms. The molecule has 9 nitrogen and oxygen atoms in total. The van der Waals surface area contributed by atoms with Gasteiger partial charge in [0.05, 0.1) is 44.4 Å². The maximum absolute atomic E-state index is 14.9. The van der Waals surface area contributed by atoms with Crippen LogP contribution in [0.3, 0.4) is 0 Å². The molecule has 45 heavy (non-hydrogen) atoms. The zero-order valence-corrected chi connectivity index (χ0v) is 27.3. The van der Waals surface area contributed by atoms with Crippen LogP contribution in [0.15, 0.2) is 60.7 Å². The predicted molar refractivity (Wildman–Crippen MR) is 174 cm³/mol. The normalized spacial score (nSPS) is 24.6. The molecule has 0 aliphatic carbocycles. The molecule has 2 aliphatic heterocycles. The Hall–Kier alpha value is -3.95. The fourth-order valence-corrected chi connectivity index (χ4v) is 8.25. The van der Waals surface area contributed by atoms with Crippen molar-refractivity contribution < 1.29 is 28.5 Å². The molecule has 10 heteroatoms. The minimum atomic E-state index is -1.14. The van der Waals surface area contributed by atoms with E-state index in [1.165, 1.54) is 21.3 Å². The van der Waals surface area contributed by atoms with Crippen LogP contribution in [0.1, 0.15) is 53.6 Å². The van der Waals surface area contributed by atoms with Gasteiger partial charge in [-0.3, -0.25) is 9.59 Å². The third kappa shape index (κ3) is 5.25. The molecule has 0 saturated carbocycles. The Kier molecular flexibility index (Phi) is 9.51. The van der Waals surface area contributed by atoms with Gasteiger partial charge in [0.25, 0.3) is 5.91 Å². The number of nitrogens with two attached hydrogens (primary N) is 1. The summed E-state index contributed by atoms with van der Waals surface area (Å²) in [4.78, 5) is 31.0. The van der Waals surface area contributed by atoms with Crippen molar-refractivity contribution in [3.63, 3.8) is 0 Å². The molecule has 0 radical (unpaired) electrons. The van der Waals surface area contributed by atoms with E-state index < -0.39 is 22.8 Å². The van der Waals surface area contributed by atoms with Gasteiger partial charge in [0.2, 0.25) is 11.7 Å². The zero-order valence-electron chi connectivity index (χ0n) is 26.5. The second-order valence-corrected chi connectivity index (χ2v) is 12.1. The Morgan fingerprint density at radius 3 is 2.13 bits per heavy atom. The molecule has 2 heterocycles. The number of primary amides is 1. The topological polar surface area (TPSA) is 112 Å². The van der Waals surface area contributed by atoms with Gasteiger partial charge in [-0.05, 0) is 67.1 Å². The van der Waals surface area contributed by atoms with Gasteiger partial charge in [-0.1, -0.05) is 54.9 Å². The van der Waals surface area contributed by atoms with E-state index in [-0.39, 0.29) is 11.8 Å². The monoisotopic (exact) mass is 635 g/mol. The number of hydrogen-bond donors (Lipinski definition) is 2. The van der Waals surface area contributed by atoms with Crippen molar-refractivity contribution in [2.45, 2.75) is 43.1 Å². The largest absolute Gasteiger partial charge is 0.495 e. The number of halogens is 1. The highest BCUT2D eigenvalue weighted by Gasteiger charge is 2.64. The standard InChI is InChI=1S/C35H42ClN3O6/c1-6-35(25-14-16-38-21-25)31(22-12-13-27(42-2)26(36)18-22)34(33(37)41,24-10-8-7-9-11-24)15-17-39(35)32(40)23-19-28(43-3)30(45-5)29(20-23)44-4/h7-13,18-20,25,31,38H,6,14-17,21H2,1-5H3,(H2,37,41). The van der Waals surface area contributed by atoms with Crippen LogP contribution >= 0.6 is 11.6 Å². The summed E-state index contributed by atoms with van der Waals surface area (Å²) >= 11 is 6.78. The summed E-state index contributed by atoms with van der Waals surface area (Å²) in [6.45, 7) is 3.87. The number of carbonyl (C=O) groups is 2. The summed E-state index contributed by atoms with van der Waals surface area (Å²) in [7, 11) is 6.14. The van der Waals surface area contributed by atoms with Crippen molar-refractivity contribution in [3.05, 3.63) is 82.4 Å². The summed E-state index contributed by atoms with van der Waals surface area (Å²) in [6, 6.07) is 18.7. The van der Waals surface area contributed by atoms with E-state index in [4.69, 9.17) is 36.3 Å². The van der Waals surface area contributed by atoms with Crippen molar-refractivity contribution in [3.8, 4) is 23.0 Å². The lowest BCUT2D eigenvalue weighted by Gasteiger charge is -2.61. The van der Waals surface area contributed by atoms with Crippen LogP contribution in [-0.4, -0.2) is 70.3 Å². The molecule has 4 atom stereocenters. The van der Waals surface area contributed by atoms with Crippen molar-refractivity contribution in [1.29, 1.82) is 0 Å². The maximum Gasteiger partial charge on any atom is 0.254 e. The Labute approximate surface area is 269 Å². The number of piperidine rings is 1. The van der Waals surface area contributed by atoms with Gasteiger partial charge in [-0.2, -0.15) is 0 Å². The van der Waals surface area contributed by atoms with E-state index in [0.29, 0.717) is 59.5 Å². The number of nitrogens with one attached hydrogen (secondary N) is 1. The van der Waals surface area contributed by atoms with Gasteiger partial charge in [0.1, 0.15) is 5.75 Å². The summed E-state index contributed by atoms with van der Waals surface area (Å²) in [5, 5.41) is 3.94. The van der Waals surface area contributed by atoms with Gasteiger partial charge >= 0.3 is 0 Å². The van der Waals surface area contributed by atoms with Crippen LogP contribution in [0.2, 0.25) is 5.02 Å². The fourth-order valence-electron chi connectivity index (χ4n) is 7.98. The zero-order chi connectivity index (χ0) is 32.4. The van der Waals surface area contributed by atoms with Gasteiger partial charge in [0.15, 0.2) is 11.5 Å². The number of rotatable bonds is 10. The Bertz CT molecular complexity index is 1520. The van der Waals surface area contributed by atoms with Crippen LogP contribution in [0, 0.1) is 5.92 Å². The second-order valence-electron chi connectivity index (χ2n) is 11.7. The van der Waals surface area contributed by atoms with E-state index in [9.17, 15) is 9.59 Å². The molecule has 2 saturated heterocycles. The van der Waals surface area contributed by atoms with Crippen molar-refractivity contribution in [1.82, 2.24) is 10.2 Å². The molecule has 3 aromatic carbocycles. The molecule has 240 valence electrons. The lowest BCUT2D eigenvalue weighted by molar-refractivity contribution is -0.131. The van der Waals surface area contributed by atoms with Crippen LogP contribution in [0.25, 0.3) is 0 Å². The molecular weight excluding hydrogens is 594 g/mol. The minimum absolute atomic E-state index is 0.00195. The van der Waals surface area contributed by atoms with Gasteiger partial charge < -0.3 is 34.9 Å². The molecule has 3 aromatic rings. The average Bonchev–Trinajstić information content (AvgIpc) is 3.62. The Morgan fingerprint density at radius 1 is 0.956 bits per heavy atom. The first kappa shape index (κ1) is 32.4. The maximum atomic E-state index is 14.9. The lowest BCUT2D eigenvalue weighted by Crippen LogP contribution is -2.70. The number of methoxy groups -OCH3 is 4. The molecule has 2 aliphatic rings. The predicted octanol–water partition coefficient (Wildman–Crippen LogP) is 5.19. The summed E-state index contributed by atoms with van der Waals surface area (Å²) in [5.41, 5.74) is 6.56. The fraction of sp³-hybridized carbons (Fsp3) is 0.429. The highest BCUT2D eigenvalue weighted by molar-refractivity contribution is 6.32. The van der Waals surface area contributed by atoms with E-state index in [2.05, 4.69) is 12.2 Å². The first-order valence-corrected chi connectivity index (χ1v) is 15.6. The van der Waals surface area contributed by atoms with Crippen LogP contribution in [0.5, 0.6) is 23.0 Å². The van der Waals surface area contributed by atoms with Crippen molar-refractivity contribution >= 4 is 23.4 Å². The van der Waals surface area contributed by atoms with Gasteiger partial charge in [-0.25, -0.2) is 0 Å². The molecule has 2 amide bonds. The molecule has 3 N–H and O–H groups in total. The van der Waals surface area contributed by atoms with Crippen LogP contribution in [0.4, 0.5) is 0 Å². The quantitative estimate of drug-likeness (QED) is 0.316. The minimum Gasteiger partial charge on any atom is -0.495 e. The molecule has 0 aromatic heterocycles. The number of hydrogen-bond acceptors (Lipinski definition) is 7. The molecule has 0 spiro atoms. The molecule has 4 unspecified atom stereocenters. The van der Waals surface area contributed by atoms with E-state index >= 15 is 0 Å². The second kappa shape index (κ2) is 13.2. The highest BCUT2D eigenvalue weighted by Crippen LogP contribution is 2.59. The SMILES string of the molecule is CCC1(C2CCNC2)C(c2ccc(OC)c(Cl)c2)C(C(N)=O)(c2ccccc2)CCN1C(=O)c1cc(OC)c(OC)c(OC)c1. The third-order valence-corrected chi connectivity index (χ3v) is 10.2. The summed E-state index contributed by atoms with van der Waals surface area (Å²) in [6.07, 6.45) is 1.70. The summed E-state index contributed by atoms with van der Waals surface area (Å²) in [5.74, 6) is 0.528. The average molecular weight is 636 g/mol. The number of carbonyl (C=O) groups excluding carboxylic acids is 2. The first-order valence-electron chi connectivity index (χ1n) is 15.2. The van der Waals surface area contributed by atoms with Crippen LogP contribution in [-0.2, 0) is 10.2 Å². The number of likely N-dealkylation sites (tertiary alicyclic amines) is 1. The van der Waals surface area contributed by atoms with E-state index in [1.54, 1.807) is 19.2 Å². The van der Waals surface area contributed by atoms with E-state index in [1.807, 2.05) is 53.4 Å². The summed E-state index contributed by atoms with van der Waals surface area (Å²) < 4.78 is 22.2. The first-order chi connectivity index (χ1) is 21.7. The van der Waals surface area contributed by atoms with Crippen molar-refractivity contribution in [2.24, 2.45) is 11.7 Å². The molecule has 5 rings (SSSR count). The smallest absolute Gasteiger partial charge is 0.254 e. The Morgan fingerprint density at radius 2 is 1.62 bits per heavy atom. The number of benzene rings is 3. The van der Waals surface area contributed by atoms with Crippen molar-refractivity contribution in [2.75, 3.05) is 48.1 Å². The van der Waals surface area contributed by atoms with Gasteiger partial charge in [-0.15, -0.1) is 0 Å². The number of ether oxygens (including phenoxy) is 4. The van der Waals surface area contributed by atoms with E-state index in [0.717, 1.165) is 24.1 Å². The molecular formula is C35H42ClN3O6. The number of amides is 2. The third-order valence-electron chi connectivity index (χ3n) is 9.95. The number of nitrogens with zero attached hydrogens (tertiary/aromatic N) is 1. The highest BCUT2D eigenvalue weighted by atomic mass is 35.5. The Balaban J connectivity index is 1.81. The van der Waals surface area contributed by atoms with Gasteiger partial charge in [0, 0.05) is 24.6 Å². The molecule has 2 fully saturated rings. The lowest BCUT2D eigenvalue weighted by atomic mass is 9.51.